The Labute approximate surface area is 248 Å². The van der Waals surface area contributed by atoms with Gasteiger partial charge in [0.2, 0.25) is 5.13 Å². The van der Waals surface area contributed by atoms with Crippen molar-refractivity contribution >= 4 is 62.9 Å². The van der Waals surface area contributed by atoms with Crippen LogP contribution < -0.4 is 9.64 Å². The Hall–Kier alpha value is -4.19. The van der Waals surface area contributed by atoms with Gasteiger partial charge in [-0.05, 0) is 54.4 Å². The van der Waals surface area contributed by atoms with Crippen LogP contribution in [0.15, 0.2) is 82.8 Å². The Morgan fingerprint density at radius 2 is 1.90 bits per heavy atom. The number of nitrogens with zero attached hydrogens (tertiary/aromatic N) is 5. The highest BCUT2D eigenvalue weighted by Crippen LogP contribution is 2.45. The zero-order chi connectivity index (χ0) is 28.7. The molecule has 0 spiro atoms. The summed E-state index contributed by atoms with van der Waals surface area (Å²) in [7, 11) is 1.53. The van der Waals surface area contributed by atoms with E-state index in [1.54, 1.807) is 53.9 Å². The summed E-state index contributed by atoms with van der Waals surface area (Å²) in [5, 5.41) is 21.1. The summed E-state index contributed by atoms with van der Waals surface area (Å²) in [6.07, 6.45) is 1.75. The number of aryl methyl sites for hydroxylation is 1. The molecule has 1 fully saturated rings. The van der Waals surface area contributed by atoms with Crippen molar-refractivity contribution in [2.24, 2.45) is 0 Å². The number of ketones is 1. The number of aliphatic hydroxyl groups excluding tert-OH is 1. The fourth-order valence-corrected chi connectivity index (χ4v) is 6.72. The number of carbonyl (C=O) groups is 2. The molecule has 5 aromatic rings. The lowest BCUT2D eigenvalue weighted by molar-refractivity contribution is -0.132. The van der Waals surface area contributed by atoms with Crippen molar-refractivity contribution in [3.63, 3.8) is 0 Å². The molecule has 4 heterocycles. The molecular formula is C29H22ClN5O4S2. The summed E-state index contributed by atoms with van der Waals surface area (Å²) in [5.41, 5.74) is 3.01. The average Bonchev–Trinajstić information content (AvgIpc) is 3.66. The van der Waals surface area contributed by atoms with Crippen LogP contribution in [0.4, 0.5) is 5.13 Å². The zero-order valence-corrected chi connectivity index (χ0v) is 24.2. The number of aliphatic hydroxyl groups is 1. The summed E-state index contributed by atoms with van der Waals surface area (Å²) in [5.74, 6) is -0.799. The number of anilines is 1. The van der Waals surface area contributed by atoms with Crippen LogP contribution >= 0.6 is 34.7 Å². The largest absolute Gasteiger partial charge is 0.505 e. The molecule has 0 bridgehead atoms. The summed E-state index contributed by atoms with van der Waals surface area (Å²) >= 11 is 8.65. The molecule has 1 N–H and O–H groups in total. The first-order valence-corrected chi connectivity index (χ1v) is 14.6. The number of benzene rings is 2. The molecule has 6 rings (SSSR count). The number of aromatic nitrogens is 4. The van der Waals surface area contributed by atoms with Crippen molar-refractivity contribution in [3.05, 3.63) is 106 Å². The third-order valence-corrected chi connectivity index (χ3v) is 9.04. The van der Waals surface area contributed by atoms with Gasteiger partial charge in [0, 0.05) is 17.0 Å². The highest BCUT2D eigenvalue weighted by molar-refractivity contribution is 8.00. The Bertz CT molecular complexity index is 1830. The standard InChI is InChI=1S/C29H22ClN5O4S2/c1-16-23(34-13-4-3-8-21(34)31-16)25(36)22-24(18-6-5-7-20(14-18)39-2)35(27(38)26(22)37)28-32-33-29(41-28)40-15-17-9-11-19(30)12-10-17/h3-14,24,36H,15H2,1-2H3/b25-22+. The second-order valence-corrected chi connectivity index (χ2v) is 11.8. The van der Waals surface area contributed by atoms with Crippen LogP contribution in [-0.4, -0.2) is 43.5 Å². The minimum absolute atomic E-state index is 0.0671. The number of pyridine rings is 1. The molecular weight excluding hydrogens is 582 g/mol. The van der Waals surface area contributed by atoms with Gasteiger partial charge in [-0.1, -0.05) is 65.0 Å². The van der Waals surface area contributed by atoms with E-state index < -0.39 is 17.7 Å². The minimum Gasteiger partial charge on any atom is -0.505 e. The smallest absolute Gasteiger partial charge is 0.301 e. The third kappa shape index (κ3) is 4.96. The Balaban J connectivity index is 1.44. The molecule has 0 aliphatic carbocycles. The molecule has 206 valence electrons. The monoisotopic (exact) mass is 603 g/mol. The van der Waals surface area contributed by atoms with Gasteiger partial charge < -0.3 is 9.84 Å². The van der Waals surface area contributed by atoms with Crippen LogP contribution in [0, 0.1) is 6.92 Å². The predicted molar refractivity (Wildman–Crippen MR) is 159 cm³/mol. The van der Waals surface area contributed by atoms with Gasteiger partial charge in [0.25, 0.3) is 5.78 Å². The number of thioether (sulfide) groups is 1. The van der Waals surface area contributed by atoms with Crippen LogP contribution in [0.5, 0.6) is 5.75 Å². The minimum atomic E-state index is -0.971. The van der Waals surface area contributed by atoms with E-state index >= 15 is 0 Å². The molecule has 1 aliphatic rings. The van der Waals surface area contributed by atoms with E-state index in [1.807, 2.05) is 30.3 Å². The summed E-state index contributed by atoms with van der Waals surface area (Å²) in [4.78, 5) is 33.0. The van der Waals surface area contributed by atoms with E-state index in [0.717, 1.165) is 5.56 Å². The van der Waals surface area contributed by atoms with E-state index in [9.17, 15) is 14.7 Å². The number of halogens is 1. The fraction of sp³-hybridized carbons (Fsp3) is 0.138. The first-order valence-electron chi connectivity index (χ1n) is 12.5. The van der Waals surface area contributed by atoms with E-state index in [2.05, 4.69) is 15.2 Å². The van der Waals surface area contributed by atoms with E-state index in [0.29, 0.717) is 43.5 Å². The molecule has 0 radical (unpaired) electrons. The number of Topliss-reactive ketones (excluding diaryl/α,β-unsaturated/α-hetero) is 1. The lowest BCUT2D eigenvalue weighted by atomic mass is 9.96. The van der Waals surface area contributed by atoms with Gasteiger partial charge in [-0.3, -0.25) is 18.9 Å². The SMILES string of the molecule is COc1cccc(C2/C(=C(\O)c3c(C)nc4ccccn34)C(=O)C(=O)N2c2nnc(SCc3ccc(Cl)cc3)s2)c1. The normalized spacial score (nSPS) is 16.6. The van der Waals surface area contributed by atoms with Gasteiger partial charge in [-0.25, -0.2) is 4.98 Å². The number of rotatable bonds is 7. The lowest BCUT2D eigenvalue weighted by Gasteiger charge is -2.22. The average molecular weight is 604 g/mol. The quantitative estimate of drug-likeness (QED) is 0.0784. The Morgan fingerprint density at radius 1 is 1.10 bits per heavy atom. The van der Waals surface area contributed by atoms with Crippen molar-refractivity contribution in [2.75, 3.05) is 12.0 Å². The summed E-state index contributed by atoms with van der Waals surface area (Å²) in [6.45, 7) is 1.74. The van der Waals surface area contributed by atoms with Crippen molar-refractivity contribution < 1.29 is 19.4 Å². The highest BCUT2D eigenvalue weighted by atomic mass is 35.5. The molecule has 41 heavy (non-hydrogen) atoms. The van der Waals surface area contributed by atoms with Gasteiger partial charge in [0.1, 0.15) is 17.1 Å². The molecule has 9 nitrogen and oxygen atoms in total. The van der Waals surface area contributed by atoms with Crippen molar-refractivity contribution in [1.82, 2.24) is 19.6 Å². The molecule has 1 unspecified atom stereocenters. The van der Waals surface area contributed by atoms with Crippen molar-refractivity contribution in [3.8, 4) is 5.75 Å². The number of carbonyl (C=O) groups excluding carboxylic acids is 2. The van der Waals surface area contributed by atoms with Crippen LogP contribution in [-0.2, 0) is 15.3 Å². The maximum absolute atomic E-state index is 13.6. The van der Waals surface area contributed by atoms with E-state index in [-0.39, 0.29) is 16.5 Å². The topological polar surface area (TPSA) is 110 Å². The van der Waals surface area contributed by atoms with E-state index in [4.69, 9.17) is 16.3 Å². The van der Waals surface area contributed by atoms with Gasteiger partial charge in [-0.2, -0.15) is 0 Å². The number of hydrogen-bond donors (Lipinski definition) is 1. The van der Waals surface area contributed by atoms with Gasteiger partial charge in [-0.15, -0.1) is 10.2 Å². The number of amides is 1. The second kappa shape index (κ2) is 11.0. The van der Waals surface area contributed by atoms with Crippen molar-refractivity contribution in [2.45, 2.75) is 23.1 Å². The first kappa shape index (κ1) is 27.0. The molecule has 3 aromatic heterocycles. The lowest BCUT2D eigenvalue weighted by Crippen LogP contribution is -2.29. The summed E-state index contributed by atoms with van der Waals surface area (Å²) in [6, 6.07) is 19.0. The number of hydrogen-bond acceptors (Lipinski definition) is 9. The van der Waals surface area contributed by atoms with Gasteiger partial charge >= 0.3 is 5.91 Å². The van der Waals surface area contributed by atoms with Gasteiger partial charge in [0.05, 0.1) is 24.4 Å². The predicted octanol–water partition coefficient (Wildman–Crippen LogP) is 6.07. The number of methoxy groups -OCH3 is 1. The second-order valence-electron chi connectivity index (χ2n) is 9.19. The number of ether oxygens (including phenoxy) is 1. The molecule has 1 atom stereocenters. The molecule has 1 saturated heterocycles. The highest BCUT2D eigenvalue weighted by Gasteiger charge is 2.49. The molecule has 1 aliphatic heterocycles. The maximum atomic E-state index is 13.6. The summed E-state index contributed by atoms with van der Waals surface area (Å²) < 4.78 is 7.74. The van der Waals surface area contributed by atoms with Crippen LogP contribution in [0.25, 0.3) is 11.4 Å². The number of fused-ring (bicyclic) bond motifs is 1. The van der Waals surface area contributed by atoms with Crippen molar-refractivity contribution in [1.29, 1.82) is 0 Å². The Morgan fingerprint density at radius 3 is 2.68 bits per heavy atom. The van der Waals surface area contributed by atoms with Crippen LogP contribution in [0.1, 0.15) is 28.6 Å². The number of imidazole rings is 1. The van der Waals surface area contributed by atoms with Gasteiger partial charge in [0.15, 0.2) is 10.1 Å². The molecule has 12 heteroatoms. The van der Waals surface area contributed by atoms with Crippen LogP contribution in [0.3, 0.4) is 0 Å². The molecule has 0 saturated carbocycles. The van der Waals surface area contributed by atoms with Crippen LogP contribution in [0.2, 0.25) is 5.02 Å². The first-order chi connectivity index (χ1) is 19.9. The third-order valence-electron chi connectivity index (χ3n) is 6.66. The fourth-order valence-electron chi connectivity index (χ4n) is 4.77. The molecule has 2 aromatic carbocycles. The zero-order valence-electron chi connectivity index (χ0n) is 21.8. The molecule has 1 amide bonds. The van der Waals surface area contributed by atoms with E-state index in [1.165, 1.54) is 35.1 Å². The maximum Gasteiger partial charge on any atom is 0.301 e. The Kier molecular flexibility index (Phi) is 7.24.